The Bertz CT molecular complexity index is 671. The largest absolute Gasteiger partial charge is 0.377 e. The number of hydrogen-bond donors (Lipinski definition) is 0. The van der Waals surface area contributed by atoms with Gasteiger partial charge in [0.15, 0.2) is 5.82 Å². The van der Waals surface area contributed by atoms with E-state index in [0.29, 0.717) is 12.4 Å². The molecule has 3 heterocycles. The monoisotopic (exact) mass is 347 g/mol. The second kappa shape index (κ2) is 7.88. The minimum atomic E-state index is 0.448. The van der Waals surface area contributed by atoms with Crippen molar-refractivity contribution in [1.82, 2.24) is 19.9 Å². The van der Waals surface area contributed by atoms with Crippen molar-refractivity contribution < 1.29 is 4.74 Å². The molecule has 1 aliphatic heterocycles. The first kappa shape index (κ1) is 17.1. The number of halogens is 1. The molecule has 128 valence electrons. The molecule has 0 aromatic carbocycles. The highest BCUT2D eigenvalue weighted by atomic mass is 35.5. The summed E-state index contributed by atoms with van der Waals surface area (Å²) in [7, 11) is 1.64. The van der Waals surface area contributed by atoms with Gasteiger partial charge in [-0.15, -0.1) is 0 Å². The first-order chi connectivity index (χ1) is 11.7. The number of anilines is 1. The Morgan fingerprint density at radius 2 is 1.79 bits per heavy atom. The molecule has 0 unspecified atom stereocenters. The fraction of sp³-hybridized carbons (Fsp3) is 0.471. The van der Waals surface area contributed by atoms with Crippen LogP contribution in [0.1, 0.15) is 17.0 Å². The molecule has 2 aromatic heterocycles. The summed E-state index contributed by atoms with van der Waals surface area (Å²) >= 11 is 6.32. The van der Waals surface area contributed by atoms with Crippen LogP contribution in [0, 0.1) is 6.92 Å². The van der Waals surface area contributed by atoms with Crippen molar-refractivity contribution in [2.24, 2.45) is 0 Å². The van der Waals surface area contributed by atoms with Gasteiger partial charge in [0.05, 0.1) is 5.02 Å². The fourth-order valence-electron chi connectivity index (χ4n) is 2.80. The van der Waals surface area contributed by atoms with Crippen LogP contribution in [0.15, 0.2) is 24.7 Å². The lowest BCUT2D eigenvalue weighted by atomic mass is 10.2. The van der Waals surface area contributed by atoms with Crippen LogP contribution in [0.25, 0.3) is 0 Å². The summed E-state index contributed by atoms with van der Waals surface area (Å²) in [6.07, 6.45) is 5.63. The average Bonchev–Trinajstić information content (AvgIpc) is 2.58. The molecule has 0 atom stereocenters. The maximum Gasteiger partial charge on any atom is 0.153 e. The normalized spacial score (nSPS) is 15.7. The van der Waals surface area contributed by atoms with Crippen molar-refractivity contribution in [3.63, 3.8) is 0 Å². The number of methoxy groups -OCH3 is 1. The average molecular weight is 348 g/mol. The van der Waals surface area contributed by atoms with E-state index >= 15 is 0 Å². The van der Waals surface area contributed by atoms with Crippen LogP contribution < -0.4 is 4.90 Å². The summed E-state index contributed by atoms with van der Waals surface area (Å²) in [5.41, 5.74) is 2.20. The molecule has 2 aromatic rings. The van der Waals surface area contributed by atoms with Crippen molar-refractivity contribution in [3.8, 4) is 0 Å². The number of ether oxygens (including phenoxy) is 1. The molecule has 6 nitrogen and oxygen atoms in total. The summed E-state index contributed by atoms with van der Waals surface area (Å²) in [6.45, 7) is 7.06. The molecule has 0 spiro atoms. The highest BCUT2D eigenvalue weighted by Crippen LogP contribution is 2.25. The number of aryl methyl sites for hydroxylation is 1. The zero-order valence-corrected chi connectivity index (χ0v) is 14.8. The molecule has 0 aliphatic carbocycles. The van der Waals surface area contributed by atoms with Gasteiger partial charge in [-0.05, 0) is 18.6 Å². The molecule has 3 rings (SSSR count). The van der Waals surface area contributed by atoms with Crippen LogP contribution in [0.2, 0.25) is 5.02 Å². The van der Waals surface area contributed by atoms with Crippen molar-refractivity contribution >= 4 is 17.4 Å². The first-order valence-electron chi connectivity index (χ1n) is 8.04. The molecule has 0 N–H and O–H groups in total. The zero-order chi connectivity index (χ0) is 16.9. The minimum absolute atomic E-state index is 0.448. The molecular formula is C17H22ClN5O. The Hall–Kier alpha value is -1.76. The Kier molecular flexibility index (Phi) is 5.60. The van der Waals surface area contributed by atoms with Crippen molar-refractivity contribution in [3.05, 3.63) is 46.6 Å². The number of aromatic nitrogens is 3. The van der Waals surface area contributed by atoms with Crippen LogP contribution in [0.4, 0.5) is 5.82 Å². The third kappa shape index (κ3) is 4.20. The Balaban J connectivity index is 1.55. The Morgan fingerprint density at radius 1 is 1.08 bits per heavy atom. The lowest BCUT2D eigenvalue weighted by Crippen LogP contribution is -2.46. The molecule has 0 saturated carbocycles. The fourth-order valence-corrected chi connectivity index (χ4v) is 3.14. The molecular weight excluding hydrogens is 326 g/mol. The van der Waals surface area contributed by atoms with Gasteiger partial charge in [0, 0.05) is 64.0 Å². The van der Waals surface area contributed by atoms with E-state index in [1.54, 1.807) is 7.11 Å². The second-order valence-electron chi connectivity index (χ2n) is 6.02. The molecule has 0 amide bonds. The number of nitrogens with zero attached hydrogens (tertiary/aromatic N) is 5. The number of pyridine rings is 1. The topological polar surface area (TPSA) is 54.4 Å². The summed E-state index contributed by atoms with van der Waals surface area (Å²) in [5, 5.41) is 0.727. The number of piperazine rings is 1. The van der Waals surface area contributed by atoms with Gasteiger partial charge in [0.25, 0.3) is 0 Å². The molecule has 1 saturated heterocycles. The van der Waals surface area contributed by atoms with Crippen LogP contribution in [0.5, 0.6) is 0 Å². The van der Waals surface area contributed by atoms with Gasteiger partial charge in [-0.25, -0.2) is 15.0 Å². The van der Waals surface area contributed by atoms with Gasteiger partial charge >= 0.3 is 0 Å². The summed E-state index contributed by atoms with van der Waals surface area (Å²) in [6, 6.07) is 1.97. The highest BCUT2D eigenvalue weighted by Gasteiger charge is 2.20. The van der Waals surface area contributed by atoms with Gasteiger partial charge in [-0.2, -0.15) is 0 Å². The van der Waals surface area contributed by atoms with Gasteiger partial charge in [0.2, 0.25) is 0 Å². The van der Waals surface area contributed by atoms with Crippen molar-refractivity contribution in [2.75, 3.05) is 38.2 Å². The van der Waals surface area contributed by atoms with Gasteiger partial charge in [0.1, 0.15) is 12.4 Å². The van der Waals surface area contributed by atoms with E-state index < -0.39 is 0 Å². The SMILES string of the molecule is COCc1ncc(CN2CCN(c3ncc(C)cc3Cl)CC2)cn1. The van der Waals surface area contributed by atoms with Crippen molar-refractivity contribution in [2.45, 2.75) is 20.1 Å². The smallest absolute Gasteiger partial charge is 0.153 e. The summed E-state index contributed by atoms with van der Waals surface area (Å²) in [5.74, 6) is 1.60. The van der Waals surface area contributed by atoms with E-state index in [4.69, 9.17) is 16.3 Å². The predicted molar refractivity (Wildman–Crippen MR) is 94.2 cm³/mol. The summed E-state index contributed by atoms with van der Waals surface area (Å²) in [4.78, 5) is 17.8. The minimum Gasteiger partial charge on any atom is -0.377 e. The molecule has 7 heteroatoms. The maximum absolute atomic E-state index is 6.32. The quantitative estimate of drug-likeness (QED) is 0.827. The molecule has 24 heavy (non-hydrogen) atoms. The Labute approximate surface area is 147 Å². The van der Waals surface area contributed by atoms with E-state index in [-0.39, 0.29) is 0 Å². The van der Waals surface area contributed by atoms with Crippen LogP contribution in [-0.2, 0) is 17.9 Å². The first-order valence-corrected chi connectivity index (χ1v) is 8.41. The third-order valence-corrected chi connectivity index (χ3v) is 4.35. The third-order valence-electron chi connectivity index (χ3n) is 4.07. The second-order valence-corrected chi connectivity index (χ2v) is 6.43. The molecule has 1 fully saturated rings. The van der Waals surface area contributed by atoms with Crippen LogP contribution in [-0.4, -0.2) is 53.1 Å². The van der Waals surface area contributed by atoms with E-state index in [0.717, 1.165) is 54.7 Å². The zero-order valence-electron chi connectivity index (χ0n) is 14.1. The standard InChI is InChI=1S/C17H22ClN5O/c1-13-7-15(18)17(21-8-13)23-5-3-22(4-6-23)11-14-9-19-16(12-24-2)20-10-14/h7-10H,3-6,11-12H2,1-2H3. The van der Waals surface area contributed by atoms with Gasteiger partial charge in [-0.1, -0.05) is 11.6 Å². The lowest BCUT2D eigenvalue weighted by Gasteiger charge is -2.35. The summed E-state index contributed by atoms with van der Waals surface area (Å²) < 4.78 is 5.03. The van der Waals surface area contributed by atoms with E-state index in [9.17, 15) is 0 Å². The van der Waals surface area contributed by atoms with E-state index in [1.165, 1.54) is 0 Å². The number of rotatable bonds is 5. The van der Waals surface area contributed by atoms with E-state index in [2.05, 4.69) is 24.8 Å². The van der Waals surface area contributed by atoms with Crippen molar-refractivity contribution in [1.29, 1.82) is 0 Å². The van der Waals surface area contributed by atoms with E-state index in [1.807, 2.05) is 31.6 Å². The molecule has 0 bridgehead atoms. The highest BCUT2D eigenvalue weighted by molar-refractivity contribution is 6.33. The van der Waals surface area contributed by atoms with Crippen LogP contribution in [0.3, 0.4) is 0 Å². The Morgan fingerprint density at radius 3 is 2.42 bits per heavy atom. The molecule has 0 radical (unpaired) electrons. The number of hydrogen-bond acceptors (Lipinski definition) is 6. The lowest BCUT2D eigenvalue weighted by molar-refractivity contribution is 0.177. The predicted octanol–water partition coefficient (Wildman–Crippen LogP) is 2.30. The maximum atomic E-state index is 6.32. The van der Waals surface area contributed by atoms with Crippen LogP contribution >= 0.6 is 11.6 Å². The van der Waals surface area contributed by atoms with Gasteiger partial charge in [-0.3, -0.25) is 4.90 Å². The van der Waals surface area contributed by atoms with Gasteiger partial charge < -0.3 is 9.64 Å². The molecule has 1 aliphatic rings.